The maximum Gasteiger partial charge on any atom is 0.340 e. The molecule has 164 valence electrons. The maximum atomic E-state index is 12.7. The molecule has 10 heteroatoms. The first-order chi connectivity index (χ1) is 14.2. The average Bonchev–Trinajstić information content (AvgIpc) is 2.97. The monoisotopic (exact) mass is 437 g/mol. The molecule has 9 nitrogen and oxygen atoms in total. The number of amides is 1. The van der Waals surface area contributed by atoms with E-state index in [2.05, 4.69) is 15.0 Å². The van der Waals surface area contributed by atoms with Crippen LogP contribution in [0.3, 0.4) is 0 Å². The summed E-state index contributed by atoms with van der Waals surface area (Å²) in [7, 11) is -1.87. The van der Waals surface area contributed by atoms with Crippen LogP contribution < -0.4 is 10.0 Å². The van der Waals surface area contributed by atoms with Crippen molar-refractivity contribution < 1.29 is 27.5 Å². The molecule has 0 atom stereocenters. The molecule has 0 spiro atoms. The molecule has 0 aliphatic heterocycles. The highest BCUT2D eigenvalue weighted by Gasteiger charge is 2.23. The second-order valence-corrected chi connectivity index (χ2v) is 8.55. The zero-order chi connectivity index (χ0) is 22.3. The van der Waals surface area contributed by atoms with Gasteiger partial charge in [0, 0.05) is 24.2 Å². The lowest BCUT2D eigenvalue weighted by atomic mass is 10.1. The molecule has 0 fully saturated rings. The highest BCUT2D eigenvalue weighted by atomic mass is 32.2. The molecule has 3 N–H and O–H groups in total. The third-order valence-corrected chi connectivity index (χ3v) is 5.77. The molecule has 0 saturated carbocycles. The zero-order valence-corrected chi connectivity index (χ0v) is 18.3. The number of ether oxygens (including phenoxy) is 2. The first-order valence-electron chi connectivity index (χ1n) is 9.45. The number of carbonyl (C=O) groups excluding carboxylic acids is 2. The normalized spacial score (nSPS) is 11.2. The lowest BCUT2D eigenvalue weighted by molar-refractivity contribution is 0.0386. The minimum absolute atomic E-state index is 0.0349. The van der Waals surface area contributed by atoms with Gasteiger partial charge < -0.3 is 19.8 Å². The van der Waals surface area contributed by atoms with Gasteiger partial charge in [-0.15, -0.1) is 0 Å². The van der Waals surface area contributed by atoms with E-state index in [-0.39, 0.29) is 24.7 Å². The molecule has 1 heterocycles. The molecule has 2 rings (SSSR count). The highest BCUT2D eigenvalue weighted by molar-refractivity contribution is 7.92. The third kappa shape index (κ3) is 6.07. The van der Waals surface area contributed by atoms with E-state index in [1.807, 2.05) is 0 Å². The Hall–Kier alpha value is -2.85. The number of hydrogen-bond donors (Lipinski definition) is 3. The summed E-state index contributed by atoms with van der Waals surface area (Å²) in [5, 5.41) is 2.73. The van der Waals surface area contributed by atoms with Gasteiger partial charge in [-0.2, -0.15) is 0 Å². The van der Waals surface area contributed by atoms with Gasteiger partial charge in [0.1, 0.15) is 12.3 Å². The number of aromatic amines is 1. The van der Waals surface area contributed by atoms with Crippen LogP contribution in [0.4, 0.5) is 11.4 Å². The predicted octanol–water partition coefficient (Wildman–Crippen LogP) is 2.84. The van der Waals surface area contributed by atoms with Gasteiger partial charge in [-0.25, -0.2) is 13.2 Å². The molecule has 1 aromatic carbocycles. The summed E-state index contributed by atoms with van der Waals surface area (Å²) in [5.41, 5.74) is 2.47. The summed E-state index contributed by atoms with van der Waals surface area (Å²) in [6.07, 6.45) is 0.514. The molecule has 1 aromatic heterocycles. The lowest BCUT2D eigenvalue weighted by Gasteiger charge is -2.09. The summed E-state index contributed by atoms with van der Waals surface area (Å²) in [5.74, 6) is -0.917. The number of sulfonamides is 1. The van der Waals surface area contributed by atoms with Gasteiger partial charge >= 0.3 is 5.97 Å². The molecule has 30 heavy (non-hydrogen) atoms. The van der Waals surface area contributed by atoms with Crippen molar-refractivity contribution in [2.45, 2.75) is 27.2 Å². The Labute approximate surface area is 176 Å². The second-order valence-electron chi connectivity index (χ2n) is 6.71. The van der Waals surface area contributed by atoms with Crippen molar-refractivity contribution in [3.05, 3.63) is 46.8 Å². The highest BCUT2D eigenvalue weighted by Crippen LogP contribution is 2.21. The van der Waals surface area contributed by atoms with Crippen molar-refractivity contribution in [3.8, 4) is 0 Å². The van der Waals surface area contributed by atoms with Crippen LogP contribution in [0, 0.1) is 13.8 Å². The predicted molar refractivity (Wildman–Crippen MR) is 115 cm³/mol. The third-order valence-electron chi connectivity index (χ3n) is 4.28. The van der Waals surface area contributed by atoms with E-state index >= 15 is 0 Å². The number of carbonyl (C=O) groups is 2. The van der Waals surface area contributed by atoms with Gasteiger partial charge in [-0.1, -0.05) is 6.92 Å². The van der Waals surface area contributed by atoms with E-state index < -0.39 is 21.9 Å². The summed E-state index contributed by atoms with van der Waals surface area (Å²) < 4.78 is 36.1. The molecule has 0 aliphatic carbocycles. The number of esters is 1. The molecule has 0 radical (unpaired) electrons. The number of anilines is 2. The number of H-pyrrole nitrogens is 1. The van der Waals surface area contributed by atoms with Crippen LogP contribution in [0.1, 0.15) is 45.4 Å². The van der Waals surface area contributed by atoms with E-state index in [1.54, 1.807) is 45.0 Å². The van der Waals surface area contributed by atoms with Crippen LogP contribution in [0.25, 0.3) is 0 Å². The molecular formula is C20H27N3O6S. The largest absolute Gasteiger partial charge is 0.460 e. The SMILES string of the molecule is CCCS(=O)(=O)Nc1ccc(NC(=O)c2[nH]c(C)c(C(=O)OCCOC)c2C)cc1. The number of aromatic nitrogens is 1. The van der Waals surface area contributed by atoms with E-state index in [9.17, 15) is 18.0 Å². The quantitative estimate of drug-likeness (QED) is 0.387. The Morgan fingerprint density at radius 1 is 1.07 bits per heavy atom. The van der Waals surface area contributed by atoms with E-state index in [0.29, 0.717) is 34.6 Å². The van der Waals surface area contributed by atoms with Gasteiger partial charge in [-0.05, 0) is 50.1 Å². The van der Waals surface area contributed by atoms with Crippen molar-refractivity contribution in [1.82, 2.24) is 4.98 Å². The zero-order valence-electron chi connectivity index (χ0n) is 17.5. The molecule has 0 aliphatic rings. The first kappa shape index (κ1) is 23.4. The number of nitrogens with one attached hydrogen (secondary N) is 3. The Balaban J connectivity index is 2.09. The first-order valence-corrected chi connectivity index (χ1v) is 11.1. The lowest BCUT2D eigenvalue weighted by Crippen LogP contribution is -2.16. The minimum atomic E-state index is -3.38. The fourth-order valence-electron chi connectivity index (χ4n) is 2.89. The molecule has 1 amide bonds. The Morgan fingerprint density at radius 3 is 2.30 bits per heavy atom. The smallest absolute Gasteiger partial charge is 0.340 e. The second kappa shape index (κ2) is 10.3. The summed E-state index contributed by atoms with van der Waals surface area (Å²) in [6, 6.07) is 6.31. The van der Waals surface area contributed by atoms with Crippen LogP contribution in [0.15, 0.2) is 24.3 Å². The van der Waals surface area contributed by atoms with Crippen LogP contribution in [-0.2, 0) is 19.5 Å². The van der Waals surface area contributed by atoms with Crippen molar-refractivity contribution in [2.24, 2.45) is 0 Å². The minimum Gasteiger partial charge on any atom is -0.460 e. The number of benzene rings is 1. The van der Waals surface area contributed by atoms with Crippen molar-refractivity contribution in [2.75, 3.05) is 36.1 Å². The average molecular weight is 438 g/mol. The van der Waals surface area contributed by atoms with E-state index in [0.717, 1.165) is 0 Å². The summed E-state index contributed by atoms with van der Waals surface area (Å²) in [6.45, 7) is 5.54. The standard InChI is InChI=1S/C20H27N3O6S/c1-5-12-30(26,27)23-16-8-6-15(7-9-16)22-19(24)18-13(2)17(14(3)21-18)20(25)29-11-10-28-4/h6-9,21,23H,5,10-12H2,1-4H3,(H,22,24). The Kier molecular flexibility index (Phi) is 8.01. The van der Waals surface area contributed by atoms with E-state index in [4.69, 9.17) is 9.47 Å². The van der Waals surface area contributed by atoms with Crippen LogP contribution in [-0.4, -0.2) is 51.4 Å². The number of aryl methyl sites for hydroxylation is 1. The van der Waals surface area contributed by atoms with Gasteiger partial charge in [0.2, 0.25) is 10.0 Å². The van der Waals surface area contributed by atoms with E-state index in [1.165, 1.54) is 7.11 Å². The number of methoxy groups -OCH3 is 1. The fraction of sp³-hybridized carbons (Fsp3) is 0.400. The topological polar surface area (TPSA) is 127 Å². The van der Waals surface area contributed by atoms with Crippen molar-refractivity contribution in [3.63, 3.8) is 0 Å². The summed E-state index contributed by atoms with van der Waals surface area (Å²) >= 11 is 0. The van der Waals surface area contributed by atoms with Crippen molar-refractivity contribution in [1.29, 1.82) is 0 Å². The summed E-state index contributed by atoms with van der Waals surface area (Å²) in [4.78, 5) is 27.8. The molecule has 2 aromatic rings. The van der Waals surface area contributed by atoms with Gasteiger partial charge in [0.15, 0.2) is 0 Å². The van der Waals surface area contributed by atoms with Crippen LogP contribution >= 0.6 is 0 Å². The van der Waals surface area contributed by atoms with Crippen LogP contribution in [0.5, 0.6) is 0 Å². The fourth-order valence-corrected chi connectivity index (χ4v) is 4.02. The molecule has 0 saturated heterocycles. The molecule has 0 unspecified atom stereocenters. The number of rotatable bonds is 10. The maximum absolute atomic E-state index is 12.7. The van der Waals surface area contributed by atoms with Crippen molar-refractivity contribution >= 4 is 33.3 Å². The van der Waals surface area contributed by atoms with Gasteiger partial charge in [0.05, 0.1) is 17.9 Å². The van der Waals surface area contributed by atoms with Gasteiger partial charge in [-0.3, -0.25) is 9.52 Å². The Morgan fingerprint density at radius 2 is 1.70 bits per heavy atom. The number of hydrogen-bond acceptors (Lipinski definition) is 6. The molecular weight excluding hydrogens is 410 g/mol. The van der Waals surface area contributed by atoms with Crippen LogP contribution in [0.2, 0.25) is 0 Å². The van der Waals surface area contributed by atoms with Gasteiger partial charge in [0.25, 0.3) is 5.91 Å². The molecule has 0 bridgehead atoms. The Bertz CT molecular complexity index is 996.